The molecule has 1 N–H and O–H groups in total. The average Bonchev–Trinajstić information content (AvgIpc) is 2.52. The fraction of sp³-hybridized carbons (Fsp3) is 0.588. The van der Waals surface area contributed by atoms with Crippen LogP contribution >= 0.6 is 0 Å². The molecule has 0 radical (unpaired) electrons. The number of ether oxygens (including phenoxy) is 1. The zero-order valence-electron chi connectivity index (χ0n) is 13.7. The van der Waals surface area contributed by atoms with Crippen molar-refractivity contribution in [2.45, 2.75) is 13.3 Å². The molecule has 1 aliphatic rings. The Kier molecular flexibility index (Phi) is 6.68. The Bertz CT molecular complexity index is 471. The van der Waals surface area contributed by atoms with Gasteiger partial charge in [0, 0.05) is 32.7 Å². The standard InChI is InChI=1S/C17H27N3O2/c1-15-6-3-4-7-16(15)22-14-17(21)18-8-5-9-20-12-10-19(2)11-13-20/h3-4,6-7H,5,8-14H2,1-2H3,(H,18,21). The van der Waals surface area contributed by atoms with E-state index in [0.29, 0.717) is 6.54 Å². The van der Waals surface area contributed by atoms with Crippen LogP contribution in [0.15, 0.2) is 24.3 Å². The van der Waals surface area contributed by atoms with Crippen molar-refractivity contribution < 1.29 is 9.53 Å². The van der Waals surface area contributed by atoms with Crippen molar-refractivity contribution in [2.24, 2.45) is 0 Å². The highest BCUT2D eigenvalue weighted by Crippen LogP contribution is 2.15. The molecule has 0 bridgehead atoms. The summed E-state index contributed by atoms with van der Waals surface area (Å²) in [5, 5.41) is 2.92. The molecule has 1 saturated heterocycles. The summed E-state index contributed by atoms with van der Waals surface area (Å²) in [6, 6.07) is 7.73. The van der Waals surface area contributed by atoms with Gasteiger partial charge in [-0.25, -0.2) is 0 Å². The monoisotopic (exact) mass is 305 g/mol. The van der Waals surface area contributed by atoms with Crippen LogP contribution in [-0.2, 0) is 4.79 Å². The summed E-state index contributed by atoms with van der Waals surface area (Å²) in [6.07, 6.45) is 0.986. The molecule has 2 rings (SSSR count). The number of carbonyl (C=O) groups excluding carboxylic acids is 1. The summed E-state index contributed by atoms with van der Waals surface area (Å²) in [4.78, 5) is 16.6. The van der Waals surface area contributed by atoms with Crippen LogP contribution in [0, 0.1) is 6.92 Å². The van der Waals surface area contributed by atoms with Crippen molar-refractivity contribution in [1.82, 2.24) is 15.1 Å². The van der Waals surface area contributed by atoms with Crippen LogP contribution in [0.4, 0.5) is 0 Å². The van der Waals surface area contributed by atoms with Gasteiger partial charge in [0.15, 0.2) is 6.61 Å². The maximum atomic E-state index is 11.8. The highest BCUT2D eigenvalue weighted by Gasteiger charge is 2.12. The normalized spacial score (nSPS) is 16.5. The van der Waals surface area contributed by atoms with Crippen LogP contribution in [-0.4, -0.2) is 68.6 Å². The second kappa shape index (κ2) is 8.76. The van der Waals surface area contributed by atoms with Gasteiger partial charge in [-0.1, -0.05) is 18.2 Å². The van der Waals surface area contributed by atoms with E-state index in [4.69, 9.17) is 4.74 Å². The number of likely N-dealkylation sites (N-methyl/N-ethyl adjacent to an activating group) is 1. The number of nitrogens with zero attached hydrogens (tertiary/aromatic N) is 2. The fourth-order valence-electron chi connectivity index (χ4n) is 2.51. The minimum absolute atomic E-state index is 0.0540. The molecule has 5 nitrogen and oxygen atoms in total. The van der Waals surface area contributed by atoms with Gasteiger partial charge in [-0.15, -0.1) is 0 Å². The van der Waals surface area contributed by atoms with E-state index in [1.54, 1.807) is 0 Å². The van der Waals surface area contributed by atoms with Crippen LogP contribution in [0.1, 0.15) is 12.0 Å². The first-order valence-corrected chi connectivity index (χ1v) is 8.01. The highest BCUT2D eigenvalue weighted by atomic mass is 16.5. The topological polar surface area (TPSA) is 44.8 Å². The zero-order chi connectivity index (χ0) is 15.8. The molecule has 0 unspecified atom stereocenters. The Balaban J connectivity index is 1.55. The van der Waals surface area contributed by atoms with E-state index in [9.17, 15) is 4.79 Å². The smallest absolute Gasteiger partial charge is 0.257 e. The molecule has 122 valence electrons. The Morgan fingerprint density at radius 3 is 2.68 bits per heavy atom. The molecule has 1 fully saturated rings. The van der Waals surface area contributed by atoms with Crippen molar-refractivity contribution in [3.8, 4) is 5.75 Å². The third kappa shape index (κ3) is 5.66. The van der Waals surface area contributed by atoms with E-state index >= 15 is 0 Å². The highest BCUT2D eigenvalue weighted by molar-refractivity contribution is 5.77. The Morgan fingerprint density at radius 2 is 1.95 bits per heavy atom. The molecule has 1 aromatic carbocycles. The van der Waals surface area contributed by atoms with Crippen LogP contribution in [0.3, 0.4) is 0 Å². The predicted molar refractivity (Wildman–Crippen MR) is 88.2 cm³/mol. The maximum Gasteiger partial charge on any atom is 0.257 e. The van der Waals surface area contributed by atoms with Crippen molar-refractivity contribution in [2.75, 3.05) is 52.9 Å². The van der Waals surface area contributed by atoms with Crippen molar-refractivity contribution in [1.29, 1.82) is 0 Å². The number of hydrogen-bond donors (Lipinski definition) is 1. The number of aryl methyl sites for hydroxylation is 1. The van der Waals surface area contributed by atoms with Crippen LogP contribution in [0.2, 0.25) is 0 Å². The molecule has 1 amide bonds. The Labute approximate surface area is 133 Å². The van der Waals surface area contributed by atoms with E-state index in [-0.39, 0.29) is 12.5 Å². The number of nitrogens with one attached hydrogen (secondary N) is 1. The molecule has 0 aliphatic carbocycles. The van der Waals surface area contributed by atoms with Gasteiger partial charge in [-0.2, -0.15) is 0 Å². The third-order valence-corrected chi connectivity index (χ3v) is 4.02. The van der Waals surface area contributed by atoms with Crippen LogP contribution < -0.4 is 10.1 Å². The van der Waals surface area contributed by atoms with E-state index in [1.807, 2.05) is 31.2 Å². The van der Waals surface area contributed by atoms with Crippen molar-refractivity contribution in [3.05, 3.63) is 29.8 Å². The van der Waals surface area contributed by atoms with Crippen LogP contribution in [0.25, 0.3) is 0 Å². The largest absolute Gasteiger partial charge is 0.484 e. The van der Waals surface area contributed by atoms with Crippen LogP contribution in [0.5, 0.6) is 5.75 Å². The van der Waals surface area contributed by atoms with Gasteiger partial charge >= 0.3 is 0 Å². The molecule has 0 atom stereocenters. The lowest BCUT2D eigenvalue weighted by atomic mass is 10.2. The molecular weight excluding hydrogens is 278 g/mol. The molecule has 22 heavy (non-hydrogen) atoms. The van der Waals surface area contributed by atoms with Gasteiger partial charge in [-0.05, 0) is 38.6 Å². The van der Waals surface area contributed by atoms with E-state index in [1.165, 1.54) is 0 Å². The maximum absolute atomic E-state index is 11.8. The third-order valence-electron chi connectivity index (χ3n) is 4.02. The molecular formula is C17H27N3O2. The van der Waals surface area contributed by atoms with Gasteiger partial charge in [0.2, 0.25) is 0 Å². The fourth-order valence-corrected chi connectivity index (χ4v) is 2.51. The van der Waals surface area contributed by atoms with E-state index < -0.39 is 0 Å². The van der Waals surface area contributed by atoms with Gasteiger partial charge in [0.1, 0.15) is 5.75 Å². The average molecular weight is 305 g/mol. The number of amides is 1. The first kappa shape index (κ1) is 16.8. The zero-order valence-corrected chi connectivity index (χ0v) is 13.7. The summed E-state index contributed by atoms with van der Waals surface area (Å²) in [5.41, 5.74) is 1.05. The number of para-hydroxylation sites is 1. The Morgan fingerprint density at radius 1 is 1.23 bits per heavy atom. The van der Waals surface area contributed by atoms with Crippen molar-refractivity contribution in [3.63, 3.8) is 0 Å². The van der Waals surface area contributed by atoms with Gasteiger partial charge in [-0.3, -0.25) is 4.79 Å². The molecule has 0 saturated carbocycles. The predicted octanol–water partition coefficient (Wildman–Crippen LogP) is 1.13. The SMILES string of the molecule is Cc1ccccc1OCC(=O)NCCCN1CCN(C)CC1. The summed E-state index contributed by atoms with van der Waals surface area (Å²) < 4.78 is 5.53. The molecule has 1 aliphatic heterocycles. The summed E-state index contributed by atoms with van der Waals surface area (Å²) in [7, 11) is 2.16. The second-order valence-electron chi connectivity index (χ2n) is 5.90. The summed E-state index contributed by atoms with van der Waals surface area (Å²) >= 11 is 0. The first-order valence-electron chi connectivity index (χ1n) is 8.01. The van der Waals surface area contributed by atoms with E-state index in [0.717, 1.165) is 50.5 Å². The minimum atomic E-state index is -0.0540. The quantitative estimate of drug-likeness (QED) is 0.767. The lowest BCUT2D eigenvalue weighted by molar-refractivity contribution is -0.123. The van der Waals surface area contributed by atoms with Gasteiger partial charge < -0.3 is 19.9 Å². The molecule has 5 heteroatoms. The Hall–Kier alpha value is -1.59. The first-order chi connectivity index (χ1) is 10.6. The van der Waals surface area contributed by atoms with Gasteiger partial charge in [0.25, 0.3) is 5.91 Å². The summed E-state index contributed by atoms with van der Waals surface area (Å²) in [5.74, 6) is 0.719. The lowest BCUT2D eigenvalue weighted by Gasteiger charge is -2.32. The number of benzene rings is 1. The van der Waals surface area contributed by atoms with Crippen molar-refractivity contribution >= 4 is 5.91 Å². The summed E-state index contributed by atoms with van der Waals surface area (Å²) in [6.45, 7) is 8.34. The molecule has 0 spiro atoms. The van der Waals surface area contributed by atoms with E-state index in [2.05, 4.69) is 22.2 Å². The molecule has 0 aromatic heterocycles. The number of hydrogen-bond acceptors (Lipinski definition) is 4. The van der Waals surface area contributed by atoms with Gasteiger partial charge in [0.05, 0.1) is 0 Å². The number of piperazine rings is 1. The minimum Gasteiger partial charge on any atom is -0.484 e. The number of carbonyl (C=O) groups is 1. The molecule has 1 aromatic rings. The molecule has 1 heterocycles. The number of rotatable bonds is 7. The second-order valence-corrected chi connectivity index (χ2v) is 5.90. The lowest BCUT2D eigenvalue weighted by Crippen LogP contribution is -2.45.